The predicted molar refractivity (Wildman–Crippen MR) is 51.4 cm³/mol. The molecular formula is C10H14N2. The first-order chi connectivity index (χ1) is 5.90. The van der Waals surface area contributed by atoms with Crippen LogP contribution in [0.1, 0.15) is 11.1 Å². The van der Waals surface area contributed by atoms with Crippen LogP contribution in [0, 0.1) is 0 Å². The smallest absolute Gasteiger partial charge is 0.0340 e. The Morgan fingerprint density at radius 2 is 2.25 bits per heavy atom. The van der Waals surface area contributed by atoms with Gasteiger partial charge in [0.15, 0.2) is 0 Å². The first kappa shape index (κ1) is 7.62. The maximum Gasteiger partial charge on any atom is 0.0340 e. The van der Waals surface area contributed by atoms with Gasteiger partial charge in [-0.15, -0.1) is 0 Å². The van der Waals surface area contributed by atoms with Crippen LogP contribution in [-0.2, 0) is 13.0 Å². The van der Waals surface area contributed by atoms with Crippen molar-refractivity contribution in [1.29, 1.82) is 0 Å². The Labute approximate surface area is 73.0 Å². The molecule has 1 aliphatic rings. The SMILES string of the molecule is CNc1ccc2c(c1)CCNC2. The highest BCUT2D eigenvalue weighted by atomic mass is 14.9. The van der Waals surface area contributed by atoms with Crippen molar-refractivity contribution in [1.82, 2.24) is 5.32 Å². The second-order valence-corrected chi connectivity index (χ2v) is 3.16. The summed E-state index contributed by atoms with van der Waals surface area (Å²) in [6.45, 7) is 2.14. The molecule has 64 valence electrons. The van der Waals surface area contributed by atoms with E-state index in [0.717, 1.165) is 19.5 Å². The van der Waals surface area contributed by atoms with Crippen LogP contribution in [0.4, 0.5) is 5.69 Å². The van der Waals surface area contributed by atoms with Gasteiger partial charge in [0.1, 0.15) is 0 Å². The molecule has 2 rings (SSSR count). The maximum absolute atomic E-state index is 3.36. The number of hydrogen-bond acceptors (Lipinski definition) is 2. The van der Waals surface area contributed by atoms with Gasteiger partial charge in [0.05, 0.1) is 0 Å². The molecule has 0 amide bonds. The van der Waals surface area contributed by atoms with Crippen molar-refractivity contribution in [3.05, 3.63) is 29.3 Å². The normalized spacial score (nSPS) is 15.4. The molecule has 0 radical (unpaired) electrons. The molecule has 2 N–H and O–H groups in total. The van der Waals surface area contributed by atoms with Gasteiger partial charge in [-0.3, -0.25) is 0 Å². The van der Waals surface area contributed by atoms with E-state index >= 15 is 0 Å². The van der Waals surface area contributed by atoms with E-state index in [1.807, 2.05) is 7.05 Å². The lowest BCUT2D eigenvalue weighted by Gasteiger charge is -2.17. The molecule has 1 aromatic carbocycles. The van der Waals surface area contributed by atoms with Gasteiger partial charge in [-0.05, 0) is 36.2 Å². The Bertz CT molecular complexity index is 281. The second-order valence-electron chi connectivity index (χ2n) is 3.16. The molecule has 0 aromatic heterocycles. The summed E-state index contributed by atoms with van der Waals surface area (Å²) in [4.78, 5) is 0. The van der Waals surface area contributed by atoms with Gasteiger partial charge < -0.3 is 10.6 Å². The molecule has 0 unspecified atom stereocenters. The van der Waals surface area contributed by atoms with Crippen LogP contribution < -0.4 is 10.6 Å². The number of hydrogen-bond donors (Lipinski definition) is 2. The summed E-state index contributed by atoms with van der Waals surface area (Å²) in [5.41, 5.74) is 4.15. The van der Waals surface area contributed by atoms with Crippen molar-refractivity contribution in [2.45, 2.75) is 13.0 Å². The minimum Gasteiger partial charge on any atom is -0.388 e. The van der Waals surface area contributed by atoms with Gasteiger partial charge in [-0.2, -0.15) is 0 Å². The summed E-state index contributed by atoms with van der Waals surface area (Å²) >= 11 is 0. The largest absolute Gasteiger partial charge is 0.388 e. The fraction of sp³-hybridized carbons (Fsp3) is 0.400. The van der Waals surface area contributed by atoms with E-state index in [-0.39, 0.29) is 0 Å². The van der Waals surface area contributed by atoms with Crippen LogP contribution in [0.15, 0.2) is 18.2 Å². The maximum atomic E-state index is 3.36. The van der Waals surface area contributed by atoms with Gasteiger partial charge in [0.2, 0.25) is 0 Å². The Morgan fingerprint density at radius 3 is 3.08 bits per heavy atom. The Kier molecular flexibility index (Phi) is 2.00. The van der Waals surface area contributed by atoms with Crippen molar-refractivity contribution in [2.75, 3.05) is 18.9 Å². The summed E-state index contributed by atoms with van der Waals surface area (Å²) in [6, 6.07) is 6.58. The number of nitrogens with one attached hydrogen (secondary N) is 2. The van der Waals surface area contributed by atoms with Crippen LogP contribution in [-0.4, -0.2) is 13.6 Å². The monoisotopic (exact) mass is 162 g/mol. The van der Waals surface area contributed by atoms with Crippen LogP contribution in [0.3, 0.4) is 0 Å². The zero-order valence-electron chi connectivity index (χ0n) is 7.35. The van der Waals surface area contributed by atoms with Crippen LogP contribution in [0.5, 0.6) is 0 Å². The quantitative estimate of drug-likeness (QED) is 0.651. The van der Waals surface area contributed by atoms with Crippen molar-refractivity contribution in [2.24, 2.45) is 0 Å². The summed E-state index contributed by atoms with van der Waals surface area (Å²) < 4.78 is 0. The van der Waals surface area contributed by atoms with Crippen LogP contribution in [0.25, 0.3) is 0 Å². The van der Waals surface area contributed by atoms with E-state index in [9.17, 15) is 0 Å². The molecular weight excluding hydrogens is 148 g/mol. The standard InChI is InChI=1S/C10H14N2/c1-11-10-3-2-9-7-12-5-4-8(9)6-10/h2-3,6,11-12H,4-5,7H2,1H3. The van der Waals surface area contributed by atoms with Gasteiger partial charge in [-0.1, -0.05) is 6.07 Å². The zero-order chi connectivity index (χ0) is 8.39. The van der Waals surface area contributed by atoms with E-state index in [2.05, 4.69) is 28.8 Å². The highest BCUT2D eigenvalue weighted by molar-refractivity contribution is 5.48. The second kappa shape index (κ2) is 3.15. The molecule has 1 aliphatic heterocycles. The van der Waals surface area contributed by atoms with E-state index in [4.69, 9.17) is 0 Å². The lowest BCUT2D eigenvalue weighted by Crippen LogP contribution is -2.23. The molecule has 0 saturated heterocycles. The fourth-order valence-corrected chi connectivity index (χ4v) is 1.63. The van der Waals surface area contributed by atoms with Crippen LogP contribution >= 0.6 is 0 Å². The number of fused-ring (bicyclic) bond motifs is 1. The highest BCUT2D eigenvalue weighted by Gasteiger charge is 2.07. The average Bonchev–Trinajstić information content (AvgIpc) is 2.17. The van der Waals surface area contributed by atoms with Crippen LogP contribution in [0.2, 0.25) is 0 Å². The minimum absolute atomic E-state index is 1.03. The van der Waals surface area contributed by atoms with Crippen molar-refractivity contribution >= 4 is 5.69 Å². The molecule has 0 bridgehead atoms. The first-order valence-corrected chi connectivity index (χ1v) is 4.40. The molecule has 0 spiro atoms. The lowest BCUT2D eigenvalue weighted by atomic mass is 10.0. The van der Waals surface area contributed by atoms with Gasteiger partial charge in [-0.25, -0.2) is 0 Å². The minimum atomic E-state index is 1.03. The van der Waals surface area contributed by atoms with E-state index < -0.39 is 0 Å². The Balaban J connectivity index is 2.36. The number of benzene rings is 1. The lowest BCUT2D eigenvalue weighted by molar-refractivity contribution is 0.644. The summed E-state index contributed by atoms with van der Waals surface area (Å²) in [6.07, 6.45) is 1.16. The van der Waals surface area contributed by atoms with Gasteiger partial charge >= 0.3 is 0 Å². The van der Waals surface area contributed by atoms with Crippen molar-refractivity contribution in [3.63, 3.8) is 0 Å². The van der Waals surface area contributed by atoms with E-state index in [1.165, 1.54) is 16.8 Å². The molecule has 2 nitrogen and oxygen atoms in total. The fourth-order valence-electron chi connectivity index (χ4n) is 1.63. The molecule has 0 atom stereocenters. The Morgan fingerprint density at radius 1 is 1.33 bits per heavy atom. The summed E-state index contributed by atoms with van der Waals surface area (Å²) in [5, 5.41) is 6.51. The highest BCUT2D eigenvalue weighted by Crippen LogP contribution is 2.18. The number of rotatable bonds is 1. The molecule has 0 fully saturated rings. The summed E-state index contributed by atoms with van der Waals surface area (Å²) in [5.74, 6) is 0. The number of anilines is 1. The Hall–Kier alpha value is -1.02. The molecule has 12 heavy (non-hydrogen) atoms. The third-order valence-electron chi connectivity index (χ3n) is 2.38. The van der Waals surface area contributed by atoms with Crippen molar-refractivity contribution in [3.8, 4) is 0 Å². The molecule has 2 heteroatoms. The molecule has 0 saturated carbocycles. The molecule has 1 heterocycles. The van der Waals surface area contributed by atoms with Gasteiger partial charge in [0.25, 0.3) is 0 Å². The van der Waals surface area contributed by atoms with E-state index in [1.54, 1.807) is 0 Å². The van der Waals surface area contributed by atoms with Gasteiger partial charge in [0, 0.05) is 19.3 Å². The van der Waals surface area contributed by atoms with E-state index in [0.29, 0.717) is 0 Å². The summed E-state index contributed by atoms with van der Waals surface area (Å²) in [7, 11) is 1.96. The van der Waals surface area contributed by atoms with Crippen molar-refractivity contribution < 1.29 is 0 Å². The molecule has 0 aliphatic carbocycles. The predicted octanol–water partition coefficient (Wildman–Crippen LogP) is 1.37. The molecule has 1 aromatic rings. The average molecular weight is 162 g/mol. The first-order valence-electron chi connectivity index (χ1n) is 4.40. The third-order valence-corrected chi connectivity index (χ3v) is 2.38. The third kappa shape index (κ3) is 1.30. The zero-order valence-corrected chi connectivity index (χ0v) is 7.35. The topological polar surface area (TPSA) is 24.1 Å².